The molecular weight excluding hydrogens is 322 g/mol. The highest BCUT2D eigenvalue weighted by atomic mass is 16.1. The summed E-state index contributed by atoms with van der Waals surface area (Å²) in [5.74, 6) is -0.0418. The minimum atomic E-state index is -0.0418. The minimum Gasteiger partial charge on any atom is -0.353 e. The highest BCUT2D eigenvalue weighted by molar-refractivity contribution is 6.08. The summed E-state index contributed by atoms with van der Waals surface area (Å²) in [6.45, 7) is 4.78. The Hall–Kier alpha value is -2.59. The van der Waals surface area contributed by atoms with Crippen LogP contribution in [-0.2, 0) is 11.3 Å². The molecule has 1 amide bonds. The number of hydrogen-bond donors (Lipinski definition) is 1. The Morgan fingerprint density at radius 2 is 1.88 bits per heavy atom. The number of benzene rings is 2. The first kappa shape index (κ1) is 18.2. The number of hydrogen-bond acceptors (Lipinski definition) is 2. The molecule has 0 aliphatic rings. The van der Waals surface area contributed by atoms with E-state index in [-0.39, 0.29) is 5.91 Å². The van der Waals surface area contributed by atoms with E-state index in [1.54, 1.807) is 6.08 Å². The Labute approximate surface area is 155 Å². The van der Waals surface area contributed by atoms with E-state index in [0.29, 0.717) is 6.54 Å². The van der Waals surface area contributed by atoms with Gasteiger partial charge in [0, 0.05) is 41.0 Å². The molecule has 26 heavy (non-hydrogen) atoms. The lowest BCUT2D eigenvalue weighted by molar-refractivity contribution is -0.116. The average Bonchev–Trinajstić information content (AvgIpc) is 2.96. The zero-order valence-corrected chi connectivity index (χ0v) is 15.8. The fourth-order valence-electron chi connectivity index (χ4n) is 3.35. The summed E-state index contributed by atoms with van der Waals surface area (Å²) in [6, 6.07) is 14.9. The van der Waals surface area contributed by atoms with Gasteiger partial charge in [-0.3, -0.25) is 4.79 Å². The van der Waals surface area contributed by atoms with Crippen molar-refractivity contribution in [2.75, 3.05) is 27.2 Å². The van der Waals surface area contributed by atoms with Gasteiger partial charge in [0.1, 0.15) is 0 Å². The first-order chi connectivity index (χ1) is 12.6. The van der Waals surface area contributed by atoms with Gasteiger partial charge in [-0.2, -0.15) is 0 Å². The number of carbonyl (C=O) groups excluding carboxylic acids is 1. The Kier molecular flexibility index (Phi) is 5.74. The van der Waals surface area contributed by atoms with E-state index in [0.717, 1.165) is 25.1 Å². The van der Waals surface area contributed by atoms with Crippen LogP contribution in [0.1, 0.15) is 18.9 Å². The molecule has 1 N–H and O–H groups in total. The maximum atomic E-state index is 12.0. The standard InChI is InChI=1S/C22H27N3O/c1-4-25-20-9-6-5-8-18(20)19-16-17(10-12-21(19)25)11-13-22(26)23-14-7-15-24(2)3/h5-6,8-13,16H,4,7,14-15H2,1-3H3,(H,23,26). The Morgan fingerprint density at radius 1 is 1.12 bits per heavy atom. The number of rotatable bonds is 7. The van der Waals surface area contributed by atoms with Crippen LogP contribution in [-0.4, -0.2) is 42.6 Å². The maximum absolute atomic E-state index is 12.0. The minimum absolute atomic E-state index is 0.0418. The number of fused-ring (bicyclic) bond motifs is 3. The first-order valence-corrected chi connectivity index (χ1v) is 9.21. The highest BCUT2D eigenvalue weighted by Gasteiger charge is 2.09. The van der Waals surface area contributed by atoms with E-state index in [4.69, 9.17) is 0 Å². The van der Waals surface area contributed by atoms with Crippen molar-refractivity contribution in [3.05, 3.63) is 54.1 Å². The number of para-hydroxylation sites is 1. The van der Waals surface area contributed by atoms with Crippen molar-refractivity contribution in [3.8, 4) is 0 Å². The number of aryl methyl sites for hydroxylation is 1. The Bertz CT molecular complexity index is 937. The second-order valence-electron chi connectivity index (χ2n) is 6.82. The highest BCUT2D eigenvalue weighted by Crippen LogP contribution is 2.29. The number of aromatic nitrogens is 1. The van der Waals surface area contributed by atoms with Gasteiger partial charge in [0.2, 0.25) is 5.91 Å². The fourth-order valence-corrected chi connectivity index (χ4v) is 3.35. The lowest BCUT2D eigenvalue weighted by Crippen LogP contribution is -2.25. The SMILES string of the molecule is CCn1c2ccccc2c2cc(C=CC(=O)NCCCN(C)C)ccc21. The molecule has 0 unspecified atom stereocenters. The lowest BCUT2D eigenvalue weighted by atomic mass is 10.1. The summed E-state index contributed by atoms with van der Waals surface area (Å²) in [4.78, 5) is 14.1. The third-order valence-electron chi connectivity index (χ3n) is 4.62. The van der Waals surface area contributed by atoms with Gasteiger partial charge in [-0.25, -0.2) is 0 Å². The van der Waals surface area contributed by atoms with E-state index < -0.39 is 0 Å². The number of nitrogens with one attached hydrogen (secondary N) is 1. The quantitative estimate of drug-likeness (QED) is 0.519. The Morgan fingerprint density at radius 3 is 2.65 bits per heavy atom. The van der Waals surface area contributed by atoms with Crippen LogP contribution >= 0.6 is 0 Å². The van der Waals surface area contributed by atoms with Crippen LogP contribution in [0.5, 0.6) is 0 Å². The molecule has 0 atom stereocenters. The van der Waals surface area contributed by atoms with Gasteiger partial charge in [0.25, 0.3) is 0 Å². The molecule has 1 aromatic heterocycles. The van der Waals surface area contributed by atoms with E-state index >= 15 is 0 Å². The summed E-state index contributed by atoms with van der Waals surface area (Å²) >= 11 is 0. The fraction of sp³-hybridized carbons (Fsp3) is 0.318. The second-order valence-corrected chi connectivity index (χ2v) is 6.82. The molecule has 3 rings (SSSR count). The molecule has 2 aromatic carbocycles. The predicted molar refractivity (Wildman–Crippen MR) is 110 cm³/mol. The van der Waals surface area contributed by atoms with Crippen LogP contribution in [0.3, 0.4) is 0 Å². The molecule has 0 fully saturated rings. The van der Waals surface area contributed by atoms with E-state index in [2.05, 4.69) is 64.2 Å². The first-order valence-electron chi connectivity index (χ1n) is 9.21. The van der Waals surface area contributed by atoms with Crippen LogP contribution in [0.15, 0.2) is 48.5 Å². The van der Waals surface area contributed by atoms with Gasteiger partial charge in [-0.05, 0) is 63.8 Å². The van der Waals surface area contributed by atoms with Crippen molar-refractivity contribution in [2.24, 2.45) is 0 Å². The predicted octanol–water partition coefficient (Wildman–Crippen LogP) is 3.90. The zero-order valence-electron chi connectivity index (χ0n) is 15.8. The number of nitrogens with zero attached hydrogens (tertiary/aromatic N) is 2. The van der Waals surface area contributed by atoms with Gasteiger partial charge in [0.05, 0.1) is 0 Å². The monoisotopic (exact) mass is 349 g/mol. The normalized spacial score (nSPS) is 11.8. The van der Waals surface area contributed by atoms with Gasteiger partial charge >= 0.3 is 0 Å². The molecule has 0 spiro atoms. The molecule has 3 aromatic rings. The van der Waals surface area contributed by atoms with Crippen LogP contribution < -0.4 is 5.32 Å². The topological polar surface area (TPSA) is 37.3 Å². The van der Waals surface area contributed by atoms with Crippen LogP contribution in [0.2, 0.25) is 0 Å². The Balaban J connectivity index is 1.77. The van der Waals surface area contributed by atoms with Crippen LogP contribution in [0, 0.1) is 0 Å². The summed E-state index contributed by atoms with van der Waals surface area (Å²) in [7, 11) is 4.07. The zero-order chi connectivity index (χ0) is 18.5. The third kappa shape index (κ3) is 3.97. The molecular formula is C22H27N3O. The van der Waals surface area contributed by atoms with Crippen LogP contribution in [0.25, 0.3) is 27.9 Å². The van der Waals surface area contributed by atoms with Gasteiger partial charge in [-0.1, -0.05) is 24.3 Å². The summed E-state index contributed by atoms with van der Waals surface area (Å²) < 4.78 is 2.33. The lowest BCUT2D eigenvalue weighted by Gasteiger charge is -2.08. The van der Waals surface area contributed by atoms with Crippen LogP contribution in [0.4, 0.5) is 0 Å². The molecule has 4 heteroatoms. The van der Waals surface area contributed by atoms with Gasteiger partial charge in [0.15, 0.2) is 0 Å². The molecule has 0 saturated heterocycles. The molecule has 0 aliphatic carbocycles. The molecule has 136 valence electrons. The average molecular weight is 349 g/mol. The van der Waals surface area contributed by atoms with E-state index in [1.807, 2.05) is 20.2 Å². The van der Waals surface area contributed by atoms with E-state index in [9.17, 15) is 4.79 Å². The third-order valence-corrected chi connectivity index (χ3v) is 4.62. The molecule has 0 radical (unpaired) electrons. The smallest absolute Gasteiger partial charge is 0.243 e. The van der Waals surface area contributed by atoms with Crippen molar-refractivity contribution >= 4 is 33.8 Å². The number of carbonyl (C=O) groups is 1. The number of amides is 1. The second kappa shape index (κ2) is 8.19. The summed E-state index contributed by atoms with van der Waals surface area (Å²) in [5.41, 5.74) is 3.53. The molecule has 0 bridgehead atoms. The van der Waals surface area contributed by atoms with Crippen molar-refractivity contribution < 1.29 is 4.79 Å². The van der Waals surface area contributed by atoms with Crippen molar-refractivity contribution in [1.29, 1.82) is 0 Å². The van der Waals surface area contributed by atoms with Gasteiger partial charge in [-0.15, -0.1) is 0 Å². The molecule has 4 nitrogen and oxygen atoms in total. The molecule has 0 saturated carbocycles. The molecule has 1 heterocycles. The maximum Gasteiger partial charge on any atom is 0.243 e. The van der Waals surface area contributed by atoms with Crippen molar-refractivity contribution in [2.45, 2.75) is 19.9 Å². The summed E-state index contributed by atoms with van der Waals surface area (Å²) in [5, 5.41) is 5.42. The van der Waals surface area contributed by atoms with Gasteiger partial charge < -0.3 is 14.8 Å². The summed E-state index contributed by atoms with van der Waals surface area (Å²) in [6.07, 6.45) is 4.46. The van der Waals surface area contributed by atoms with Crippen molar-refractivity contribution in [1.82, 2.24) is 14.8 Å². The largest absolute Gasteiger partial charge is 0.353 e. The molecule has 0 aliphatic heterocycles. The van der Waals surface area contributed by atoms with E-state index in [1.165, 1.54) is 21.8 Å². The van der Waals surface area contributed by atoms with Crippen molar-refractivity contribution in [3.63, 3.8) is 0 Å².